The van der Waals surface area contributed by atoms with Gasteiger partial charge in [0.15, 0.2) is 5.96 Å². The number of likely N-dealkylation sites (N-methyl/N-ethyl adjacent to an activating group) is 1. The lowest BCUT2D eigenvalue weighted by Crippen LogP contribution is -2.45. The number of carbonyl (C=O) groups is 1. The van der Waals surface area contributed by atoms with E-state index >= 15 is 0 Å². The molecule has 6 nitrogen and oxygen atoms in total. The zero-order chi connectivity index (χ0) is 20.3. The molecule has 1 amide bonds. The SMILES string of the molecule is CCNC(=NCC(=O)N(CC)Cc1ccccc1)NCC(OC)C(C)(C)C. The molecule has 0 saturated carbocycles. The molecule has 0 heterocycles. The number of carbonyl (C=O) groups excluding carboxylic acids is 1. The Kier molecular flexibility index (Phi) is 9.86. The summed E-state index contributed by atoms with van der Waals surface area (Å²) in [6.07, 6.45) is 0.0438. The molecule has 1 aromatic rings. The fourth-order valence-electron chi connectivity index (χ4n) is 2.70. The first-order valence-electron chi connectivity index (χ1n) is 9.68. The van der Waals surface area contributed by atoms with E-state index in [-0.39, 0.29) is 24.0 Å². The molecule has 0 aliphatic rings. The third-order valence-electron chi connectivity index (χ3n) is 4.37. The molecule has 27 heavy (non-hydrogen) atoms. The summed E-state index contributed by atoms with van der Waals surface area (Å²) in [4.78, 5) is 18.9. The molecule has 152 valence electrons. The number of aliphatic imine (C=N–C) groups is 1. The van der Waals surface area contributed by atoms with E-state index in [2.05, 4.69) is 36.4 Å². The molecule has 0 fully saturated rings. The van der Waals surface area contributed by atoms with Crippen LogP contribution in [-0.2, 0) is 16.1 Å². The minimum atomic E-state index is 0.0117. The van der Waals surface area contributed by atoms with E-state index < -0.39 is 0 Å². The number of methoxy groups -OCH3 is 1. The van der Waals surface area contributed by atoms with Gasteiger partial charge in [0, 0.05) is 33.3 Å². The molecule has 1 aromatic carbocycles. The molecule has 0 radical (unpaired) electrons. The number of benzene rings is 1. The van der Waals surface area contributed by atoms with Crippen LogP contribution in [-0.4, -0.2) is 56.2 Å². The van der Waals surface area contributed by atoms with Gasteiger partial charge in [-0.15, -0.1) is 0 Å². The lowest BCUT2D eigenvalue weighted by molar-refractivity contribution is -0.130. The van der Waals surface area contributed by atoms with Gasteiger partial charge in [-0.3, -0.25) is 4.79 Å². The zero-order valence-corrected chi connectivity index (χ0v) is 17.7. The molecule has 0 aliphatic heterocycles. The highest BCUT2D eigenvalue weighted by Gasteiger charge is 2.24. The zero-order valence-electron chi connectivity index (χ0n) is 17.7. The highest BCUT2D eigenvalue weighted by molar-refractivity contribution is 5.85. The number of rotatable bonds is 9. The summed E-state index contributed by atoms with van der Waals surface area (Å²) >= 11 is 0. The van der Waals surface area contributed by atoms with Crippen molar-refractivity contribution in [3.05, 3.63) is 35.9 Å². The second kappa shape index (κ2) is 11.6. The molecule has 0 aliphatic carbocycles. The van der Waals surface area contributed by atoms with Crippen molar-refractivity contribution in [1.29, 1.82) is 0 Å². The number of nitrogens with one attached hydrogen (secondary N) is 2. The third kappa shape index (κ3) is 8.43. The Labute approximate surface area is 164 Å². The summed E-state index contributed by atoms with van der Waals surface area (Å²) in [6.45, 7) is 13.1. The van der Waals surface area contributed by atoms with Gasteiger partial charge in [0.05, 0.1) is 6.10 Å². The Bertz CT molecular complexity index is 582. The highest BCUT2D eigenvalue weighted by Crippen LogP contribution is 2.20. The van der Waals surface area contributed by atoms with Crippen molar-refractivity contribution >= 4 is 11.9 Å². The van der Waals surface area contributed by atoms with Crippen molar-refractivity contribution in [1.82, 2.24) is 15.5 Å². The van der Waals surface area contributed by atoms with Crippen LogP contribution in [0, 0.1) is 5.41 Å². The van der Waals surface area contributed by atoms with E-state index in [9.17, 15) is 4.79 Å². The maximum absolute atomic E-state index is 12.6. The average molecular weight is 377 g/mol. The highest BCUT2D eigenvalue weighted by atomic mass is 16.5. The Balaban J connectivity index is 2.67. The first-order valence-corrected chi connectivity index (χ1v) is 9.68. The lowest BCUT2D eigenvalue weighted by atomic mass is 9.89. The standard InChI is InChI=1S/C21H36N4O2/c1-7-22-20(23-14-18(27-6)21(3,4)5)24-15-19(26)25(8-2)16-17-12-10-9-11-13-17/h9-13,18H,7-8,14-16H2,1-6H3,(H2,22,23,24). The predicted molar refractivity (Wildman–Crippen MR) is 112 cm³/mol. The second-order valence-electron chi connectivity index (χ2n) is 7.56. The average Bonchev–Trinajstić information content (AvgIpc) is 2.64. The van der Waals surface area contributed by atoms with E-state index in [0.717, 1.165) is 12.1 Å². The van der Waals surface area contributed by atoms with Crippen LogP contribution in [0.2, 0.25) is 0 Å². The fourth-order valence-corrected chi connectivity index (χ4v) is 2.70. The summed E-state index contributed by atoms with van der Waals surface area (Å²) in [5.74, 6) is 0.644. The van der Waals surface area contributed by atoms with Gasteiger partial charge >= 0.3 is 0 Å². The van der Waals surface area contributed by atoms with Crippen molar-refractivity contribution in [3.8, 4) is 0 Å². The van der Waals surface area contributed by atoms with Gasteiger partial charge in [0.2, 0.25) is 5.91 Å². The Morgan fingerprint density at radius 3 is 2.37 bits per heavy atom. The van der Waals surface area contributed by atoms with Crippen LogP contribution in [0.4, 0.5) is 0 Å². The number of hydrogen-bond donors (Lipinski definition) is 2. The van der Waals surface area contributed by atoms with Crippen LogP contribution in [0.3, 0.4) is 0 Å². The largest absolute Gasteiger partial charge is 0.379 e. The maximum Gasteiger partial charge on any atom is 0.244 e. The molecule has 2 N–H and O–H groups in total. The molecular weight excluding hydrogens is 340 g/mol. The van der Waals surface area contributed by atoms with E-state index in [1.807, 2.05) is 49.1 Å². The van der Waals surface area contributed by atoms with E-state index in [1.165, 1.54) is 0 Å². The van der Waals surface area contributed by atoms with Crippen LogP contribution in [0.5, 0.6) is 0 Å². The van der Waals surface area contributed by atoms with Gasteiger partial charge in [-0.25, -0.2) is 4.99 Å². The van der Waals surface area contributed by atoms with Crippen LogP contribution < -0.4 is 10.6 Å². The number of hydrogen-bond acceptors (Lipinski definition) is 3. The maximum atomic E-state index is 12.6. The van der Waals surface area contributed by atoms with Gasteiger partial charge < -0.3 is 20.3 Å². The minimum Gasteiger partial charge on any atom is -0.379 e. The topological polar surface area (TPSA) is 66.0 Å². The molecule has 0 spiro atoms. The molecule has 1 unspecified atom stereocenters. The molecule has 1 atom stereocenters. The van der Waals surface area contributed by atoms with Crippen molar-refractivity contribution < 1.29 is 9.53 Å². The normalized spacial score (nSPS) is 13.2. The molecule has 0 aromatic heterocycles. The Morgan fingerprint density at radius 1 is 1.19 bits per heavy atom. The van der Waals surface area contributed by atoms with E-state index in [1.54, 1.807) is 7.11 Å². The Morgan fingerprint density at radius 2 is 1.85 bits per heavy atom. The summed E-state index contributed by atoms with van der Waals surface area (Å²) in [6, 6.07) is 10.0. The first-order chi connectivity index (χ1) is 12.8. The molecule has 0 bridgehead atoms. The third-order valence-corrected chi connectivity index (χ3v) is 4.37. The van der Waals surface area contributed by atoms with Crippen LogP contribution in [0.25, 0.3) is 0 Å². The number of amides is 1. The summed E-state index contributed by atoms with van der Waals surface area (Å²) in [7, 11) is 1.72. The quantitative estimate of drug-likeness (QED) is 0.514. The van der Waals surface area contributed by atoms with Crippen LogP contribution >= 0.6 is 0 Å². The summed E-state index contributed by atoms with van der Waals surface area (Å²) in [5.41, 5.74) is 1.14. The monoisotopic (exact) mass is 376 g/mol. The van der Waals surface area contributed by atoms with E-state index in [4.69, 9.17) is 4.74 Å². The van der Waals surface area contributed by atoms with Crippen LogP contribution in [0.15, 0.2) is 35.3 Å². The van der Waals surface area contributed by atoms with Crippen molar-refractivity contribution in [3.63, 3.8) is 0 Å². The molecule has 1 rings (SSSR count). The summed E-state index contributed by atoms with van der Waals surface area (Å²) < 4.78 is 5.57. The molecule has 6 heteroatoms. The second-order valence-corrected chi connectivity index (χ2v) is 7.56. The summed E-state index contributed by atoms with van der Waals surface area (Å²) in [5, 5.41) is 6.47. The number of guanidine groups is 1. The van der Waals surface area contributed by atoms with Gasteiger partial charge in [-0.2, -0.15) is 0 Å². The van der Waals surface area contributed by atoms with Crippen LogP contribution in [0.1, 0.15) is 40.2 Å². The minimum absolute atomic E-state index is 0.0117. The Hall–Kier alpha value is -2.08. The smallest absolute Gasteiger partial charge is 0.244 e. The number of nitrogens with zero attached hydrogens (tertiary/aromatic N) is 2. The van der Waals surface area contributed by atoms with Gasteiger partial charge in [-0.05, 0) is 24.8 Å². The van der Waals surface area contributed by atoms with Gasteiger partial charge in [0.25, 0.3) is 0 Å². The lowest BCUT2D eigenvalue weighted by Gasteiger charge is -2.30. The van der Waals surface area contributed by atoms with Crippen molar-refractivity contribution in [2.45, 2.75) is 47.3 Å². The fraction of sp³-hybridized carbons (Fsp3) is 0.619. The van der Waals surface area contributed by atoms with Gasteiger partial charge in [-0.1, -0.05) is 51.1 Å². The van der Waals surface area contributed by atoms with Gasteiger partial charge in [0.1, 0.15) is 6.54 Å². The molecule has 0 saturated heterocycles. The van der Waals surface area contributed by atoms with E-state index in [0.29, 0.717) is 25.6 Å². The van der Waals surface area contributed by atoms with Crippen molar-refractivity contribution in [2.75, 3.05) is 33.3 Å². The number of ether oxygens (including phenoxy) is 1. The molecular formula is C21H36N4O2. The van der Waals surface area contributed by atoms with Crippen molar-refractivity contribution in [2.24, 2.45) is 10.4 Å². The first kappa shape index (κ1) is 23.0. The predicted octanol–water partition coefficient (Wildman–Crippen LogP) is 2.65.